The Morgan fingerprint density at radius 1 is 1.44 bits per heavy atom. The topological polar surface area (TPSA) is 0 Å². The van der Waals surface area contributed by atoms with Gasteiger partial charge in [0.05, 0.1) is 0 Å². The maximum atomic E-state index is 2.38. The van der Waals surface area contributed by atoms with Gasteiger partial charge in [0.25, 0.3) is 0 Å². The van der Waals surface area contributed by atoms with Gasteiger partial charge >= 0.3 is 0 Å². The molecule has 0 N–H and O–H groups in total. The number of allylic oxidation sites excluding steroid dienone is 2. The molecule has 0 aromatic heterocycles. The van der Waals surface area contributed by atoms with Crippen molar-refractivity contribution in [2.24, 2.45) is 5.41 Å². The third-order valence-corrected chi connectivity index (χ3v) is 2.52. The summed E-state index contributed by atoms with van der Waals surface area (Å²) in [6, 6.07) is 0. The van der Waals surface area contributed by atoms with Crippen LogP contribution >= 0.6 is 0 Å². The van der Waals surface area contributed by atoms with E-state index < -0.39 is 0 Å². The van der Waals surface area contributed by atoms with Crippen LogP contribution in [0.25, 0.3) is 0 Å². The molecular weight excluding hydrogens is 108 g/mol. The molecule has 0 unspecified atom stereocenters. The van der Waals surface area contributed by atoms with Crippen LogP contribution in [0.3, 0.4) is 0 Å². The Kier molecular flexibility index (Phi) is 1.65. The van der Waals surface area contributed by atoms with Crippen molar-refractivity contribution in [2.45, 2.75) is 40.0 Å². The standard InChI is InChI=1S/C9H16/c1-8-6-4-5-7-9(8,2)3/h6H,4-5,7H2,1-3H3. The fourth-order valence-corrected chi connectivity index (χ4v) is 1.34. The minimum atomic E-state index is 0.498. The lowest BCUT2D eigenvalue weighted by molar-refractivity contribution is 0.376. The van der Waals surface area contributed by atoms with E-state index in [1.165, 1.54) is 19.3 Å². The molecule has 0 amide bonds. The normalized spacial score (nSPS) is 25.4. The van der Waals surface area contributed by atoms with E-state index in [-0.39, 0.29) is 0 Å². The molecule has 0 heteroatoms. The lowest BCUT2D eigenvalue weighted by Gasteiger charge is -2.29. The van der Waals surface area contributed by atoms with Crippen LogP contribution in [0.15, 0.2) is 11.6 Å². The molecule has 0 aliphatic heterocycles. The van der Waals surface area contributed by atoms with Gasteiger partial charge in [-0.05, 0) is 31.6 Å². The molecule has 0 aromatic rings. The highest BCUT2D eigenvalue weighted by molar-refractivity contribution is 5.11. The predicted molar refractivity (Wildman–Crippen MR) is 41.4 cm³/mol. The minimum Gasteiger partial charge on any atom is -0.0851 e. The first-order chi connectivity index (χ1) is 4.13. The molecule has 1 rings (SSSR count). The molecule has 0 heterocycles. The lowest BCUT2D eigenvalue weighted by Crippen LogP contribution is -2.15. The van der Waals surface area contributed by atoms with Crippen LogP contribution in [0.4, 0.5) is 0 Å². The Bertz CT molecular complexity index is 129. The van der Waals surface area contributed by atoms with Crippen molar-refractivity contribution >= 4 is 0 Å². The maximum absolute atomic E-state index is 2.38. The fraction of sp³-hybridized carbons (Fsp3) is 0.778. The lowest BCUT2D eigenvalue weighted by atomic mass is 9.77. The van der Waals surface area contributed by atoms with Crippen LogP contribution in [0.5, 0.6) is 0 Å². The average Bonchev–Trinajstić information content (AvgIpc) is 1.77. The van der Waals surface area contributed by atoms with Crippen LogP contribution in [0.1, 0.15) is 40.0 Å². The first-order valence-electron chi connectivity index (χ1n) is 3.80. The highest BCUT2D eigenvalue weighted by Crippen LogP contribution is 2.35. The van der Waals surface area contributed by atoms with Crippen LogP contribution in [0, 0.1) is 5.41 Å². The summed E-state index contributed by atoms with van der Waals surface area (Å²) in [6.07, 6.45) is 6.43. The van der Waals surface area contributed by atoms with E-state index in [0.717, 1.165) is 0 Å². The second kappa shape index (κ2) is 2.17. The Balaban J connectivity index is 2.73. The zero-order valence-electron chi connectivity index (χ0n) is 6.70. The van der Waals surface area contributed by atoms with Gasteiger partial charge in [0.15, 0.2) is 0 Å². The largest absolute Gasteiger partial charge is 0.0851 e. The molecule has 0 aromatic carbocycles. The first kappa shape index (κ1) is 6.85. The summed E-state index contributed by atoms with van der Waals surface area (Å²) >= 11 is 0. The van der Waals surface area contributed by atoms with Gasteiger partial charge in [-0.25, -0.2) is 0 Å². The van der Waals surface area contributed by atoms with Crippen molar-refractivity contribution in [3.8, 4) is 0 Å². The summed E-state index contributed by atoms with van der Waals surface area (Å²) in [5.41, 5.74) is 2.08. The van der Waals surface area contributed by atoms with Gasteiger partial charge in [-0.3, -0.25) is 0 Å². The Morgan fingerprint density at radius 3 is 2.44 bits per heavy atom. The number of hydrogen-bond acceptors (Lipinski definition) is 0. The van der Waals surface area contributed by atoms with Gasteiger partial charge in [0, 0.05) is 0 Å². The van der Waals surface area contributed by atoms with Crippen LogP contribution in [0.2, 0.25) is 0 Å². The Labute approximate surface area is 58.0 Å². The summed E-state index contributed by atoms with van der Waals surface area (Å²) in [7, 11) is 0. The number of hydrogen-bond donors (Lipinski definition) is 0. The highest BCUT2D eigenvalue weighted by Gasteiger charge is 2.21. The predicted octanol–water partition coefficient (Wildman–Crippen LogP) is 3.14. The molecule has 1 aliphatic carbocycles. The molecule has 52 valence electrons. The molecule has 0 nitrogen and oxygen atoms in total. The fourth-order valence-electron chi connectivity index (χ4n) is 1.34. The molecule has 0 spiro atoms. The van der Waals surface area contributed by atoms with Crippen molar-refractivity contribution in [1.29, 1.82) is 0 Å². The Morgan fingerprint density at radius 2 is 2.11 bits per heavy atom. The minimum absolute atomic E-state index is 0.498. The van der Waals surface area contributed by atoms with Crippen molar-refractivity contribution in [3.05, 3.63) is 11.6 Å². The van der Waals surface area contributed by atoms with Crippen molar-refractivity contribution in [1.82, 2.24) is 0 Å². The summed E-state index contributed by atoms with van der Waals surface area (Å²) < 4.78 is 0. The molecular formula is C9H16. The van der Waals surface area contributed by atoms with E-state index in [1.807, 2.05) is 0 Å². The third-order valence-electron chi connectivity index (χ3n) is 2.52. The second-order valence-electron chi connectivity index (χ2n) is 3.66. The van der Waals surface area contributed by atoms with E-state index in [0.29, 0.717) is 5.41 Å². The first-order valence-corrected chi connectivity index (χ1v) is 3.80. The van der Waals surface area contributed by atoms with Gasteiger partial charge in [-0.15, -0.1) is 0 Å². The summed E-state index contributed by atoms with van der Waals surface area (Å²) in [5, 5.41) is 0. The smallest absolute Gasteiger partial charge is 0.0147 e. The second-order valence-corrected chi connectivity index (χ2v) is 3.66. The molecule has 0 fully saturated rings. The van der Waals surface area contributed by atoms with E-state index in [9.17, 15) is 0 Å². The quantitative estimate of drug-likeness (QED) is 0.435. The summed E-state index contributed by atoms with van der Waals surface area (Å²) in [6.45, 7) is 6.91. The molecule has 0 atom stereocenters. The zero-order chi connectivity index (χ0) is 6.91. The van der Waals surface area contributed by atoms with Crippen LogP contribution < -0.4 is 0 Å². The molecule has 0 saturated carbocycles. The van der Waals surface area contributed by atoms with Crippen molar-refractivity contribution < 1.29 is 0 Å². The molecule has 1 aliphatic rings. The van der Waals surface area contributed by atoms with E-state index in [4.69, 9.17) is 0 Å². The van der Waals surface area contributed by atoms with Crippen molar-refractivity contribution in [3.63, 3.8) is 0 Å². The van der Waals surface area contributed by atoms with Gasteiger partial charge in [0.1, 0.15) is 0 Å². The SMILES string of the molecule is CC1=CCCCC1(C)C. The summed E-state index contributed by atoms with van der Waals surface area (Å²) in [5.74, 6) is 0. The van der Waals surface area contributed by atoms with E-state index >= 15 is 0 Å². The maximum Gasteiger partial charge on any atom is -0.0147 e. The van der Waals surface area contributed by atoms with Gasteiger partial charge in [-0.2, -0.15) is 0 Å². The highest BCUT2D eigenvalue weighted by atomic mass is 14.3. The van der Waals surface area contributed by atoms with Gasteiger partial charge in [0.2, 0.25) is 0 Å². The van der Waals surface area contributed by atoms with E-state index in [1.54, 1.807) is 5.57 Å². The van der Waals surface area contributed by atoms with Gasteiger partial charge in [-0.1, -0.05) is 25.5 Å². The summed E-state index contributed by atoms with van der Waals surface area (Å²) in [4.78, 5) is 0. The zero-order valence-corrected chi connectivity index (χ0v) is 6.70. The monoisotopic (exact) mass is 124 g/mol. The van der Waals surface area contributed by atoms with E-state index in [2.05, 4.69) is 26.8 Å². The molecule has 0 saturated heterocycles. The van der Waals surface area contributed by atoms with Gasteiger partial charge < -0.3 is 0 Å². The average molecular weight is 124 g/mol. The van der Waals surface area contributed by atoms with Crippen molar-refractivity contribution in [2.75, 3.05) is 0 Å². The number of rotatable bonds is 0. The van der Waals surface area contributed by atoms with Crippen LogP contribution in [-0.4, -0.2) is 0 Å². The molecule has 9 heavy (non-hydrogen) atoms. The van der Waals surface area contributed by atoms with Crippen LogP contribution in [-0.2, 0) is 0 Å². The molecule has 0 bridgehead atoms. The third kappa shape index (κ3) is 1.35. The Hall–Kier alpha value is -0.260. The molecule has 0 radical (unpaired) electrons.